The Morgan fingerprint density at radius 3 is 2.80 bits per heavy atom. The molecule has 0 atom stereocenters. The van der Waals surface area contributed by atoms with Crippen LogP contribution >= 0.6 is 11.6 Å². The van der Waals surface area contributed by atoms with E-state index in [0.717, 1.165) is 11.3 Å². The molecule has 25 heavy (non-hydrogen) atoms. The Hall–Kier alpha value is -2.80. The summed E-state index contributed by atoms with van der Waals surface area (Å²) in [5.74, 6) is -0.0683. The number of hydrogen-bond acceptors (Lipinski definition) is 6. The second kappa shape index (κ2) is 6.60. The third-order valence-electron chi connectivity index (χ3n) is 4.01. The van der Waals surface area contributed by atoms with E-state index in [1.54, 1.807) is 25.1 Å². The number of methoxy groups -OCH3 is 1. The number of para-hydroxylation sites is 1. The van der Waals surface area contributed by atoms with Crippen LogP contribution in [0.15, 0.2) is 27.5 Å². The minimum absolute atomic E-state index is 0.107. The number of halogens is 1. The molecule has 130 valence electrons. The van der Waals surface area contributed by atoms with E-state index in [9.17, 15) is 9.59 Å². The maximum absolute atomic E-state index is 12.4. The predicted molar refractivity (Wildman–Crippen MR) is 94.2 cm³/mol. The molecule has 0 saturated carbocycles. The van der Waals surface area contributed by atoms with E-state index in [1.807, 2.05) is 6.92 Å². The number of ether oxygens (including phenoxy) is 1. The van der Waals surface area contributed by atoms with Crippen LogP contribution in [0.1, 0.15) is 27.4 Å². The van der Waals surface area contributed by atoms with E-state index < -0.39 is 11.5 Å². The van der Waals surface area contributed by atoms with Crippen LogP contribution in [0.5, 0.6) is 0 Å². The summed E-state index contributed by atoms with van der Waals surface area (Å²) in [6, 6.07) is 5.17. The fraction of sp³-hybridized carbons (Fsp3) is 0.235. The molecule has 1 aromatic carbocycles. The van der Waals surface area contributed by atoms with E-state index in [4.69, 9.17) is 20.9 Å². The number of nitrogens with zero attached hydrogens (tertiary/aromatic N) is 1. The van der Waals surface area contributed by atoms with Gasteiger partial charge in [0.15, 0.2) is 0 Å². The molecule has 0 spiro atoms. The Morgan fingerprint density at radius 2 is 2.16 bits per heavy atom. The van der Waals surface area contributed by atoms with Crippen molar-refractivity contribution in [2.75, 3.05) is 12.4 Å². The normalized spacial score (nSPS) is 10.9. The zero-order chi connectivity index (χ0) is 18.1. The zero-order valence-electron chi connectivity index (χ0n) is 13.9. The molecule has 0 fully saturated rings. The summed E-state index contributed by atoms with van der Waals surface area (Å²) in [7, 11) is 1.22. The number of pyridine rings is 1. The van der Waals surface area contributed by atoms with Gasteiger partial charge >= 0.3 is 5.97 Å². The molecular formula is C17H16ClN3O4. The molecule has 0 aliphatic carbocycles. The standard InChI is InChI=1S/C17H16ClN3O4/c1-8-11(9(2)25-21-8)7-19-15-10-5-4-6-12(18)14(10)20-16(22)13(15)17(23)24-3/h4-6H,7H2,1-3H3,(H2,19,20,22). The summed E-state index contributed by atoms with van der Waals surface area (Å²) in [5.41, 5.74) is 1.71. The van der Waals surface area contributed by atoms with E-state index in [2.05, 4.69) is 15.5 Å². The molecule has 0 aliphatic heterocycles. The Kier molecular flexibility index (Phi) is 4.50. The van der Waals surface area contributed by atoms with Crippen molar-refractivity contribution < 1.29 is 14.1 Å². The van der Waals surface area contributed by atoms with Gasteiger partial charge in [0.2, 0.25) is 0 Å². The number of aryl methyl sites for hydroxylation is 2. The number of aromatic amines is 1. The molecule has 3 aromatic rings. The van der Waals surface area contributed by atoms with Crippen molar-refractivity contribution in [3.05, 3.63) is 56.2 Å². The van der Waals surface area contributed by atoms with Gasteiger partial charge in [0.05, 0.1) is 29.0 Å². The van der Waals surface area contributed by atoms with Crippen LogP contribution in [0.3, 0.4) is 0 Å². The second-order valence-corrected chi connectivity index (χ2v) is 5.92. The zero-order valence-corrected chi connectivity index (χ0v) is 14.7. The Labute approximate surface area is 147 Å². The highest BCUT2D eigenvalue weighted by Crippen LogP contribution is 2.29. The van der Waals surface area contributed by atoms with Crippen LogP contribution in [0.4, 0.5) is 5.69 Å². The summed E-state index contributed by atoms with van der Waals surface area (Å²) >= 11 is 6.18. The number of benzene rings is 1. The van der Waals surface area contributed by atoms with Gasteiger partial charge in [0.25, 0.3) is 5.56 Å². The number of carbonyl (C=O) groups excluding carboxylic acids is 1. The Bertz CT molecular complexity index is 1000. The molecule has 0 bridgehead atoms. The maximum Gasteiger partial charge on any atom is 0.345 e. The van der Waals surface area contributed by atoms with Gasteiger partial charge in [-0.2, -0.15) is 0 Å². The lowest BCUT2D eigenvalue weighted by Gasteiger charge is -2.14. The number of carbonyl (C=O) groups is 1. The molecule has 0 amide bonds. The van der Waals surface area contributed by atoms with Crippen LogP contribution in [-0.4, -0.2) is 23.2 Å². The average Bonchev–Trinajstić information content (AvgIpc) is 2.91. The van der Waals surface area contributed by atoms with Crippen molar-refractivity contribution in [1.82, 2.24) is 10.1 Å². The van der Waals surface area contributed by atoms with Gasteiger partial charge in [-0.1, -0.05) is 28.9 Å². The fourth-order valence-corrected chi connectivity index (χ4v) is 2.92. The molecule has 7 nitrogen and oxygen atoms in total. The average molecular weight is 362 g/mol. The smallest absolute Gasteiger partial charge is 0.345 e. The lowest BCUT2D eigenvalue weighted by Crippen LogP contribution is -2.22. The number of fused-ring (bicyclic) bond motifs is 1. The first-order chi connectivity index (χ1) is 11.9. The largest absolute Gasteiger partial charge is 0.465 e. The number of esters is 1. The maximum atomic E-state index is 12.4. The van der Waals surface area contributed by atoms with Crippen LogP contribution in [0, 0.1) is 13.8 Å². The summed E-state index contributed by atoms with van der Waals surface area (Å²) in [6.07, 6.45) is 0. The first kappa shape index (κ1) is 17.0. The predicted octanol–water partition coefficient (Wildman–Crippen LogP) is 3.19. The van der Waals surface area contributed by atoms with Gasteiger partial charge in [0, 0.05) is 17.5 Å². The lowest BCUT2D eigenvalue weighted by molar-refractivity contribution is 0.0600. The summed E-state index contributed by atoms with van der Waals surface area (Å²) < 4.78 is 9.90. The first-order valence-electron chi connectivity index (χ1n) is 7.52. The Morgan fingerprint density at radius 1 is 1.40 bits per heavy atom. The lowest BCUT2D eigenvalue weighted by atomic mass is 10.1. The first-order valence-corrected chi connectivity index (χ1v) is 7.90. The van der Waals surface area contributed by atoms with E-state index >= 15 is 0 Å². The molecule has 3 rings (SSSR count). The molecule has 2 heterocycles. The highest BCUT2D eigenvalue weighted by Gasteiger charge is 2.21. The van der Waals surface area contributed by atoms with Gasteiger partial charge in [-0.25, -0.2) is 4.79 Å². The number of rotatable bonds is 4. The van der Waals surface area contributed by atoms with Gasteiger partial charge in [0.1, 0.15) is 11.3 Å². The quantitative estimate of drug-likeness (QED) is 0.693. The van der Waals surface area contributed by atoms with Gasteiger partial charge < -0.3 is 19.6 Å². The minimum Gasteiger partial charge on any atom is -0.465 e. The van der Waals surface area contributed by atoms with E-state index in [0.29, 0.717) is 33.9 Å². The molecule has 0 aliphatic rings. The molecule has 2 aromatic heterocycles. The number of hydrogen-bond donors (Lipinski definition) is 2. The van der Waals surface area contributed by atoms with Crippen molar-refractivity contribution in [2.24, 2.45) is 0 Å². The van der Waals surface area contributed by atoms with Crippen molar-refractivity contribution in [3.8, 4) is 0 Å². The fourth-order valence-electron chi connectivity index (χ4n) is 2.70. The van der Waals surface area contributed by atoms with Crippen LogP contribution < -0.4 is 10.9 Å². The van der Waals surface area contributed by atoms with Gasteiger partial charge in [-0.3, -0.25) is 4.79 Å². The molecule has 2 N–H and O–H groups in total. The van der Waals surface area contributed by atoms with E-state index in [-0.39, 0.29) is 5.56 Å². The van der Waals surface area contributed by atoms with Gasteiger partial charge in [-0.15, -0.1) is 0 Å². The summed E-state index contributed by atoms with van der Waals surface area (Å²) in [5, 5.41) is 8.04. The number of anilines is 1. The molecule has 0 radical (unpaired) electrons. The molecule has 0 saturated heterocycles. The van der Waals surface area contributed by atoms with Crippen LogP contribution in [0.2, 0.25) is 5.02 Å². The monoisotopic (exact) mass is 361 g/mol. The SMILES string of the molecule is COC(=O)c1c(NCc2c(C)noc2C)c2cccc(Cl)c2[nH]c1=O. The Balaban J connectivity index is 2.18. The highest BCUT2D eigenvalue weighted by molar-refractivity contribution is 6.35. The summed E-state index contributed by atoms with van der Waals surface area (Å²) in [4.78, 5) is 27.2. The number of nitrogens with one attached hydrogen (secondary N) is 2. The molecule has 0 unspecified atom stereocenters. The van der Waals surface area contributed by atoms with Gasteiger partial charge in [-0.05, 0) is 19.9 Å². The molecule has 8 heteroatoms. The number of H-pyrrole nitrogens is 1. The topological polar surface area (TPSA) is 97.2 Å². The third kappa shape index (κ3) is 2.98. The van der Waals surface area contributed by atoms with Crippen molar-refractivity contribution in [1.29, 1.82) is 0 Å². The third-order valence-corrected chi connectivity index (χ3v) is 4.33. The highest BCUT2D eigenvalue weighted by atomic mass is 35.5. The van der Waals surface area contributed by atoms with Crippen molar-refractivity contribution in [2.45, 2.75) is 20.4 Å². The minimum atomic E-state index is -0.732. The summed E-state index contributed by atoms with van der Waals surface area (Å²) in [6.45, 7) is 3.95. The van der Waals surface area contributed by atoms with Crippen molar-refractivity contribution >= 4 is 34.2 Å². The molecular weight excluding hydrogens is 346 g/mol. The second-order valence-electron chi connectivity index (χ2n) is 5.51. The van der Waals surface area contributed by atoms with Crippen molar-refractivity contribution in [3.63, 3.8) is 0 Å². The van der Waals surface area contributed by atoms with E-state index in [1.165, 1.54) is 7.11 Å². The number of aromatic nitrogens is 2. The van der Waals surface area contributed by atoms with Crippen LogP contribution in [-0.2, 0) is 11.3 Å². The van der Waals surface area contributed by atoms with Crippen LogP contribution in [0.25, 0.3) is 10.9 Å².